The molecule has 2 aromatic heterocycles. The Bertz CT molecular complexity index is 1260. The smallest absolute Gasteiger partial charge is 0.408 e. The van der Waals surface area contributed by atoms with E-state index in [9.17, 15) is 9.59 Å². The minimum Gasteiger partial charge on any atom is -0.408 e. The van der Waals surface area contributed by atoms with E-state index in [-0.39, 0.29) is 24.9 Å². The highest BCUT2D eigenvalue weighted by molar-refractivity contribution is 7.22. The van der Waals surface area contributed by atoms with Gasteiger partial charge in [0.15, 0.2) is 10.7 Å². The Hall–Kier alpha value is -2.39. The van der Waals surface area contributed by atoms with E-state index < -0.39 is 5.76 Å². The van der Waals surface area contributed by atoms with Crippen molar-refractivity contribution in [3.8, 4) is 0 Å². The number of anilines is 1. The summed E-state index contributed by atoms with van der Waals surface area (Å²) in [5, 5.41) is 1.12. The third kappa shape index (κ3) is 4.93. The summed E-state index contributed by atoms with van der Waals surface area (Å²) in [4.78, 5) is 33.9. The van der Waals surface area contributed by atoms with Crippen LogP contribution in [0.3, 0.4) is 0 Å². The Labute approximate surface area is 194 Å². The molecule has 31 heavy (non-hydrogen) atoms. The van der Waals surface area contributed by atoms with Gasteiger partial charge < -0.3 is 9.32 Å². The van der Waals surface area contributed by atoms with Gasteiger partial charge >= 0.3 is 5.76 Å². The molecule has 10 heteroatoms. The first kappa shape index (κ1) is 23.3. The predicted molar refractivity (Wildman–Crippen MR) is 128 cm³/mol. The molecular weight excluding hydrogens is 459 g/mol. The van der Waals surface area contributed by atoms with E-state index in [0.29, 0.717) is 33.3 Å². The fraction of sp³-hybridized carbons (Fsp3) is 0.286. The van der Waals surface area contributed by atoms with Gasteiger partial charge in [-0.05, 0) is 51.3 Å². The second-order valence-electron chi connectivity index (χ2n) is 7.21. The summed E-state index contributed by atoms with van der Waals surface area (Å²) in [6, 6.07) is 12.6. The summed E-state index contributed by atoms with van der Waals surface area (Å²) in [5.74, 6) is -0.775. The van der Waals surface area contributed by atoms with E-state index in [1.807, 2.05) is 32.3 Å². The van der Waals surface area contributed by atoms with E-state index >= 15 is 0 Å². The van der Waals surface area contributed by atoms with E-state index in [1.54, 1.807) is 29.2 Å². The van der Waals surface area contributed by atoms with Crippen molar-refractivity contribution < 1.29 is 9.21 Å². The summed E-state index contributed by atoms with van der Waals surface area (Å²) < 4.78 is 7.53. The summed E-state index contributed by atoms with van der Waals surface area (Å²) in [5.41, 5.74) is 1.73. The van der Waals surface area contributed by atoms with Gasteiger partial charge in [-0.3, -0.25) is 14.3 Å². The predicted octanol–water partition coefficient (Wildman–Crippen LogP) is 4.26. The highest BCUT2D eigenvalue weighted by Gasteiger charge is 2.22. The lowest BCUT2D eigenvalue weighted by Crippen LogP contribution is -2.37. The van der Waals surface area contributed by atoms with Crippen molar-refractivity contribution in [2.24, 2.45) is 0 Å². The number of aromatic nitrogens is 2. The van der Waals surface area contributed by atoms with Crippen molar-refractivity contribution in [1.82, 2.24) is 14.5 Å². The normalized spacial score (nSPS) is 11.2. The number of thiazole rings is 1. The van der Waals surface area contributed by atoms with Crippen molar-refractivity contribution in [1.29, 1.82) is 0 Å². The zero-order valence-electron chi connectivity index (χ0n) is 17.1. The minimum atomic E-state index is -0.551. The topological polar surface area (TPSA) is 71.6 Å². The molecule has 2 heterocycles. The summed E-state index contributed by atoms with van der Waals surface area (Å²) in [7, 11) is 3.97. The summed E-state index contributed by atoms with van der Waals surface area (Å²) in [6.07, 6.45) is 0.767. The van der Waals surface area contributed by atoms with Gasteiger partial charge in [0, 0.05) is 6.54 Å². The molecule has 4 rings (SSSR count). The molecule has 0 bridgehead atoms. The second kappa shape index (κ2) is 9.82. The fourth-order valence-corrected chi connectivity index (χ4v) is 4.58. The number of nitrogens with zero attached hydrogens (tertiary/aromatic N) is 4. The lowest BCUT2D eigenvalue weighted by molar-refractivity contribution is -0.119. The van der Waals surface area contributed by atoms with Crippen molar-refractivity contribution in [2.75, 3.05) is 32.1 Å². The monoisotopic (exact) mass is 480 g/mol. The SMILES string of the molecule is CN(C)CCCN(C(=O)Cn1c(=O)oc2ccccc21)c1nc2c(Cl)cccc2s1.Cl. The van der Waals surface area contributed by atoms with Gasteiger partial charge in [0.25, 0.3) is 0 Å². The number of amides is 1. The minimum absolute atomic E-state index is 0. The highest BCUT2D eigenvalue weighted by atomic mass is 35.5. The van der Waals surface area contributed by atoms with E-state index in [0.717, 1.165) is 17.7 Å². The summed E-state index contributed by atoms with van der Waals surface area (Å²) in [6.45, 7) is 1.18. The number of oxazole rings is 1. The third-order valence-corrected chi connectivity index (χ3v) is 6.09. The van der Waals surface area contributed by atoms with Crippen LogP contribution in [-0.4, -0.2) is 47.5 Å². The molecule has 0 aliphatic carbocycles. The molecule has 0 unspecified atom stereocenters. The molecule has 1 amide bonds. The lowest BCUT2D eigenvalue weighted by atomic mass is 10.3. The van der Waals surface area contributed by atoms with Gasteiger partial charge in [0.2, 0.25) is 5.91 Å². The Morgan fingerprint density at radius 2 is 1.94 bits per heavy atom. The van der Waals surface area contributed by atoms with Crippen LogP contribution < -0.4 is 10.7 Å². The second-order valence-corrected chi connectivity index (χ2v) is 8.62. The van der Waals surface area contributed by atoms with Crippen LogP contribution in [0.1, 0.15) is 6.42 Å². The Balaban J connectivity index is 0.00000272. The molecule has 0 saturated carbocycles. The third-order valence-electron chi connectivity index (χ3n) is 4.74. The first-order chi connectivity index (χ1) is 14.4. The molecule has 2 aromatic carbocycles. The molecule has 0 radical (unpaired) electrons. The van der Waals surface area contributed by atoms with E-state index in [1.165, 1.54) is 15.9 Å². The van der Waals surface area contributed by atoms with E-state index in [4.69, 9.17) is 16.0 Å². The number of hydrogen-bond donors (Lipinski definition) is 0. The maximum absolute atomic E-state index is 13.3. The van der Waals surface area contributed by atoms with Crippen molar-refractivity contribution in [3.05, 3.63) is 58.0 Å². The Morgan fingerprint density at radius 3 is 2.68 bits per heavy atom. The maximum Gasteiger partial charge on any atom is 0.420 e. The highest BCUT2D eigenvalue weighted by Crippen LogP contribution is 2.33. The lowest BCUT2D eigenvalue weighted by Gasteiger charge is -2.21. The van der Waals surface area contributed by atoms with Gasteiger partial charge in [0.1, 0.15) is 12.1 Å². The van der Waals surface area contributed by atoms with Gasteiger partial charge in [-0.1, -0.05) is 41.1 Å². The molecule has 0 aliphatic heterocycles. The molecule has 0 spiro atoms. The fourth-order valence-electron chi connectivity index (χ4n) is 3.28. The van der Waals surface area contributed by atoms with Crippen LogP contribution in [0.25, 0.3) is 21.3 Å². The van der Waals surface area contributed by atoms with Crippen LogP contribution in [0.4, 0.5) is 5.13 Å². The zero-order chi connectivity index (χ0) is 21.3. The van der Waals surface area contributed by atoms with Crippen LogP contribution in [0.5, 0.6) is 0 Å². The van der Waals surface area contributed by atoms with Gasteiger partial charge in [-0.2, -0.15) is 0 Å². The molecule has 0 saturated heterocycles. The Kier molecular flexibility index (Phi) is 7.38. The number of fused-ring (bicyclic) bond motifs is 2. The maximum atomic E-state index is 13.3. The van der Waals surface area contributed by atoms with E-state index in [2.05, 4.69) is 9.88 Å². The molecule has 4 aromatic rings. The van der Waals surface area contributed by atoms with Crippen molar-refractivity contribution in [2.45, 2.75) is 13.0 Å². The average molecular weight is 481 g/mol. The van der Waals surface area contributed by atoms with Crippen LogP contribution in [0.2, 0.25) is 5.02 Å². The van der Waals surface area contributed by atoms with Crippen LogP contribution in [-0.2, 0) is 11.3 Å². The number of halogens is 2. The largest absolute Gasteiger partial charge is 0.420 e. The Morgan fingerprint density at radius 1 is 1.16 bits per heavy atom. The number of hydrogen-bond acceptors (Lipinski definition) is 6. The van der Waals surface area contributed by atoms with Crippen LogP contribution in [0.15, 0.2) is 51.7 Å². The molecule has 164 valence electrons. The summed E-state index contributed by atoms with van der Waals surface area (Å²) >= 11 is 7.69. The molecule has 0 fully saturated rings. The van der Waals surface area contributed by atoms with Gasteiger partial charge in [-0.15, -0.1) is 12.4 Å². The quantitative estimate of drug-likeness (QED) is 0.395. The standard InChI is InChI=1S/C21H21ClN4O3S.ClH/c1-24(2)11-6-12-25(20-23-19-14(22)7-5-10-17(19)30-20)18(27)13-26-15-8-3-4-9-16(15)29-21(26)28;/h3-5,7-10H,6,11-13H2,1-2H3;1H. The number of benzene rings is 2. The van der Waals surface area contributed by atoms with Crippen LogP contribution in [0, 0.1) is 0 Å². The molecule has 7 nitrogen and oxygen atoms in total. The molecule has 0 N–H and O–H groups in total. The van der Waals surface area contributed by atoms with Crippen LogP contribution >= 0.6 is 35.3 Å². The average Bonchev–Trinajstić information content (AvgIpc) is 3.27. The number of carbonyl (C=O) groups excluding carboxylic acids is 1. The van der Waals surface area contributed by atoms with Crippen molar-refractivity contribution in [3.63, 3.8) is 0 Å². The zero-order valence-corrected chi connectivity index (χ0v) is 19.5. The number of para-hydroxylation sites is 3. The van der Waals surface area contributed by atoms with Gasteiger partial charge in [-0.25, -0.2) is 9.78 Å². The number of rotatable bonds is 7. The molecule has 0 aliphatic rings. The first-order valence-corrected chi connectivity index (χ1v) is 10.7. The first-order valence-electron chi connectivity index (χ1n) is 9.52. The van der Waals surface area contributed by atoms with Crippen molar-refractivity contribution >= 4 is 67.7 Å². The molecule has 0 atom stereocenters. The number of carbonyl (C=O) groups is 1. The van der Waals surface area contributed by atoms with Gasteiger partial charge in [0.05, 0.1) is 15.2 Å². The molecular formula is C21H22Cl2N4O3S.